The van der Waals surface area contributed by atoms with Gasteiger partial charge in [-0.05, 0) is 81.3 Å². The number of aliphatic imine (C=N–C) groups is 2. The maximum Gasteiger partial charge on any atom is 0.0809 e. The monoisotopic (exact) mass is 465 g/mol. The SMILES string of the molecule is C=Cc1ccc(C(C)=NC(=C/C)/C(C)=C\C)c2c(C=C)ccc(CN(C)C(=C/C)/C(=C\C)N=C)c12. The van der Waals surface area contributed by atoms with Gasteiger partial charge in [-0.25, -0.2) is 0 Å². The number of fused-ring (bicyclic) bond motifs is 1. The average molecular weight is 466 g/mol. The zero-order valence-corrected chi connectivity index (χ0v) is 22.4. The number of hydrogen-bond acceptors (Lipinski definition) is 3. The molecule has 0 saturated heterocycles. The lowest BCUT2D eigenvalue weighted by molar-refractivity contribution is 0.418. The Morgan fingerprint density at radius 1 is 0.829 bits per heavy atom. The third-order valence-electron chi connectivity index (χ3n) is 6.34. The van der Waals surface area contributed by atoms with E-state index in [0.717, 1.165) is 50.5 Å². The van der Waals surface area contributed by atoms with Crippen molar-refractivity contribution in [1.82, 2.24) is 4.90 Å². The van der Waals surface area contributed by atoms with Gasteiger partial charge >= 0.3 is 0 Å². The van der Waals surface area contributed by atoms with Gasteiger partial charge in [-0.1, -0.05) is 73.9 Å². The van der Waals surface area contributed by atoms with Crippen LogP contribution in [0.4, 0.5) is 0 Å². The Hall–Kier alpha value is -3.72. The molecule has 0 aromatic heterocycles. The lowest BCUT2D eigenvalue weighted by Crippen LogP contribution is -2.19. The molecule has 35 heavy (non-hydrogen) atoms. The molecule has 182 valence electrons. The molecule has 2 aromatic carbocycles. The average Bonchev–Trinajstić information content (AvgIpc) is 2.88. The first kappa shape index (κ1) is 27.5. The summed E-state index contributed by atoms with van der Waals surface area (Å²) in [5, 5.41) is 2.32. The molecule has 0 N–H and O–H groups in total. The maximum absolute atomic E-state index is 5.00. The molecule has 2 aromatic rings. The van der Waals surface area contributed by atoms with E-state index in [4.69, 9.17) is 4.99 Å². The summed E-state index contributed by atoms with van der Waals surface area (Å²) < 4.78 is 0. The van der Waals surface area contributed by atoms with Crippen LogP contribution in [0, 0.1) is 0 Å². The lowest BCUT2D eigenvalue weighted by atomic mass is 9.90. The molecule has 0 aliphatic heterocycles. The highest BCUT2D eigenvalue weighted by Crippen LogP contribution is 2.33. The van der Waals surface area contributed by atoms with E-state index >= 15 is 0 Å². The Kier molecular flexibility index (Phi) is 9.96. The number of hydrogen-bond donors (Lipinski definition) is 0. The number of allylic oxidation sites excluding steroid dienone is 5. The summed E-state index contributed by atoms with van der Waals surface area (Å²) in [5.74, 6) is 0. The topological polar surface area (TPSA) is 28.0 Å². The first-order valence-corrected chi connectivity index (χ1v) is 12.0. The van der Waals surface area contributed by atoms with Crippen LogP contribution in [0.5, 0.6) is 0 Å². The molecule has 0 unspecified atom stereocenters. The lowest BCUT2D eigenvalue weighted by Gasteiger charge is -2.25. The molecular formula is C32H39N3. The molecule has 3 nitrogen and oxygen atoms in total. The van der Waals surface area contributed by atoms with Gasteiger partial charge in [0.25, 0.3) is 0 Å². The third kappa shape index (κ3) is 5.86. The van der Waals surface area contributed by atoms with E-state index in [0.29, 0.717) is 6.54 Å². The van der Waals surface area contributed by atoms with E-state index in [-0.39, 0.29) is 0 Å². The predicted molar refractivity (Wildman–Crippen MR) is 158 cm³/mol. The van der Waals surface area contributed by atoms with Crippen molar-refractivity contribution in [3.63, 3.8) is 0 Å². The van der Waals surface area contributed by atoms with Crippen LogP contribution in [0.3, 0.4) is 0 Å². The number of likely N-dealkylation sites (N-methyl/N-ethyl adjacent to an activating group) is 1. The van der Waals surface area contributed by atoms with Gasteiger partial charge in [0, 0.05) is 24.9 Å². The van der Waals surface area contributed by atoms with E-state index < -0.39 is 0 Å². The summed E-state index contributed by atoms with van der Waals surface area (Å²) in [6.07, 6.45) is 12.0. The Morgan fingerprint density at radius 2 is 1.43 bits per heavy atom. The van der Waals surface area contributed by atoms with Crippen molar-refractivity contribution in [2.75, 3.05) is 7.05 Å². The fourth-order valence-corrected chi connectivity index (χ4v) is 4.39. The van der Waals surface area contributed by atoms with E-state index in [1.54, 1.807) is 0 Å². The van der Waals surface area contributed by atoms with Crippen LogP contribution in [0.15, 0.2) is 94.4 Å². The second kappa shape index (κ2) is 12.7. The van der Waals surface area contributed by atoms with Gasteiger partial charge in [0.1, 0.15) is 0 Å². The first-order valence-electron chi connectivity index (χ1n) is 12.0. The van der Waals surface area contributed by atoms with Crippen molar-refractivity contribution in [2.24, 2.45) is 9.98 Å². The van der Waals surface area contributed by atoms with Crippen LogP contribution in [0.25, 0.3) is 22.9 Å². The smallest absolute Gasteiger partial charge is 0.0809 e. The molecule has 0 bridgehead atoms. The zero-order valence-electron chi connectivity index (χ0n) is 22.4. The van der Waals surface area contributed by atoms with Gasteiger partial charge in [-0.2, -0.15) is 0 Å². The van der Waals surface area contributed by atoms with Gasteiger partial charge in [-0.3, -0.25) is 9.98 Å². The molecule has 0 radical (unpaired) electrons. The summed E-state index contributed by atoms with van der Waals surface area (Å²) in [5.41, 5.74) is 9.48. The minimum Gasteiger partial charge on any atom is -0.369 e. The molecule has 2 rings (SSSR count). The fraction of sp³-hybridized carbons (Fsp3) is 0.250. The minimum atomic E-state index is 0.707. The highest BCUT2D eigenvalue weighted by atomic mass is 15.1. The van der Waals surface area contributed by atoms with Crippen LogP contribution >= 0.6 is 0 Å². The summed E-state index contributed by atoms with van der Waals surface area (Å²) in [6, 6.07) is 8.61. The molecule has 0 saturated carbocycles. The van der Waals surface area contributed by atoms with E-state index in [1.165, 1.54) is 10.9 Å². The molecule has 0 spiro atoms. The summed E-state index contributed by atoms with van der Waals surface area (Å²) in [7, 11) is 2.08. The maximum atomic E-state index is 5.00. The second-order valence-corrected chi connectivity index (χ2v) is 8.38. The normalized spacial score (nSPS) is 13.7. The molecule has 0 aliphatic carbocycles. The number of rotatable bonds is 10. The van der Waals surface area contributed by atoms with Crippen molar-refractivity contribution < 1.29 is 0 Å². The van der Waals surface area contributed by atoms with Crippen LogP contribution in [0.2, 0.25) is 0 Å². The van der Waals surface area contributed by atoms with Gasteiger partial charge in [-0.15, -0.1) is 0 Å². The molecule has 0 atom stereocenters. The van der Waals surface area contributed by atoms with Crippen molar-refractivity contribution in [1.29, 1.82) is 0 Å². The minimum absolute atomic E-state index is 0.707. The third-order valence-corrected chi connectivity index (χ3v) is 6.34. The highest BCUT2D eigenvalue weighted by Gasteiger charge is 2.17. The van der Waals surface area contributed by atoms with Crippen molar-refractivity contribution in [2.45, 2.75) is 48.1 Å². The molecule has 0 heterocycles. The standard InChI is InChI=1S/C32H39N3/c1-11-22(7)28(14-4)34-23(8)27-20-19-24(12-2)31-26(18-17-25(13-3)32(27)31)21-35(10)30(16-6)29(15-5)33-9/h11-20H,2-3,9,21H2,1,4-8,10H3/b22-11-,28-14+,29-15+,30-16+,34-23?. The van der Waals surface area contributed by atoms with Gasteiger partial charge < -0.3 is 4.90 Å². The van der Waals surface area contributed by atoms with E-state index in [9.17, 15) is 0 Å². The number of benzene rings is 2. The van der Waals surface area contributed by atoms with E-state index in [2.05, 4.69) is 93.2 Å². The fourth-order valence-electron chi connectivity index (χ4n) is 4.39. The van der Waals surface area contributed by atoms with Crippen molar-refractivity contribution in [3.05, 3.63) is 107 Å². The predicted octanol–water partition coefficient (Wildman–Crippen LogP) is 8.74. The molecule has 0 amide bonds. The van der Waals surface area contributed by atoms with Crippen molar-refractivity contribution in [3.8, 4) is 0 Å². The van der Waals surface area contributed by atoms with Crippen LogP contribution < -0.4 is 0 Å². The Morgan fingerprint density at radius 3 is 1.94 bits per heavy atom. The largest absolute Gasteiger partial charge is 0.369 e. The molecule has 0 fully saturated rings. The first-order chi connectivity index (χ1) is 16.8. The zero-order chi connectivity index (χ0) is 26.1. The van der Waals surface area contributed by atoms with Crippen LogP contribution in [-0.4, -0.2) is 24.4 Å². The highest BCUT2D eigenvalue weighted by molar-refractivity contribution is 6.14. The van der Waals surface area contributed by atoms with Gasteiger partial charge in [0.15, 0.2) is 0 Å². The molecule has 0 aliphatic rings. The van der Waals surface area contributed by atoms with Crippen LogP contribution in [0.1, 0.15) is 63.8 Å². The Labute approximate surface area is 212 Å². The number of nitrogens with zero attached hydrogens (tertiary/aromatic N) is 3. The summed E-state index contributed by atoms with van der Waals surface area (Å²) in [6.45, 7) is 24.9. The van der Waals surface area contributed by atoms with Crippen molar-refractivity contribution >= 4 is 35.4 Å². The van der Waals surface area contributed by atoms with Gasteiger partial charge in [0.2, 0.25) is 0 Å². The van der Waals surface area contributed by atoms with Gasteiger partial charge in [0.05, 0.1) is 17.1 Å². The molecule has 3 heteroatoms. The Bertz CT molecular complexity index is 1280. The summed E-state index contributed by atoms with van der Waals surface area (Å²) >= 11 is 0. The molecular weight excluding hydrogens is 426 g/mol. The van der Waals surface area contributed by atoms with Crippen LogP contribution in [-0.2, 0) is 6.54 Å². The summed E-state index contributed by atoms with van der Waals surface area (Å²) in [4.78, 5) is 11.4. The second-order valence-electron chi connectivity index (χ2n) is 8.38. The Balaban J connectivity index is 2.82. The van der Waals surface area contributed by atoms with E-state index in [1.807, 2.05) is 45.9 Å². The quantitative estimate of drug-likeness (QED) is 0.255.